The highest BCUT2D eigenvalue weighted by atomic mass is 32.1. The average molecular weight is 321 g/mol. The Kier molecular flexibility index (Phi) is 2.76. The molecule has 23 heavy (non-hydrogen) atoms. The van der Waals surface area contributed by atoms with Gasteiger partial charge >= 0.3 is 0 Å². The minimum absolute atomic E-state index is 0.569. The highest BCUT2D eigenvalue weighted by molar-refractivity contribution is 7.19. The molecule has 0 radical (unpaired) electrons. The summed E-state index contributed by atoms with van der Waals surface area (Å²) >= 11 is 1.82. The maximum atomic E-state index is 4.80. The second kappa shape index (κ2) is 4.83. The van der Waals surface area contributed by atoms with Crippen molar-refractivity contribution in [1.29, 1.82) is 0 Å². The molecule has 0 fully saturated rings. The van der Waals surface area contributed by atoms with Crippen molar-refractivity contribution in [2.45, 2.75) is 32.1 Å². The Hall–Kier alpha value is -2.34. The molecule has 0 bridgehead atoms. The number of hydrogen-bond acceptors (Lipinski definition) is 5. The normalized spacial score (nSPS) is 17.7. The zero-order valence-electron chi connectivity index (χ0n) is 12.7. The van der Waals surface area contributed by atoms with Crippen molar-refractivity contribution in [2.75, 3.05) is 0 Å². The minimum atomic E-state index is 0.569. The fourth-order valence-corrected chi connectivity index (χ4v) is 4.80. The zero-order valence-corrected chi connectivity index (χ0v) is 13.5. The van der Waals surface area contributed by atoms with E-state index in [1.54, 1.807) is 23.2 Å². The van der Waals surface area contributed by atoms with E-state index < -0.39 is 0 Å². The van der Waals surface area contributed by atoms with Crippen molar-refractivity contribution in [2.24, 2.45) is 0 Å². The molecule has 4 heterocycles. The van der Waals surface area contributed by atoms with Crippen LogP contribution in [0.4, 0.5) is 0 Å². The van der Waals surface area contributed by atoms with Gasteiger partial charge in [0.2, 0.25) is 0 Å². The van der Waals surface area contributed by atoms with Crippen LogP contribution < -0.4 is 0 Å². The summed E-state index contributed by atoms with van der Waals surface area (Å²) in [5, 5.41) is 5.79. The van der Waals surface area contributed by atoms with Gasteiger partial charge < -0.3 is 0 Å². The molecule has 0 N–H and O–H groups in total. The summed E-state index contributed by atoms with van der Waals surface area (Å²) in [7, 11) is 0. The molecule has 5 rings (SSSR count). The summed E-state index contributed by atoms with van der Waals surface area (Å²) in [5.41, 5.74) is 3.29. The Balaban J connectivity index is 1.82. The van der Waals surface area contributed by atoms with E-state index >= 15 is 0 Å². The van der Waals surface area contributed by atoms with Crippen molar-refractivity contribution in [3.05, 3.63) is 41.3 Å². The summed E-state index contributed by atoms with van der Waals surface area (Å²) in [5.74, 6) is 1.27. The number of fused-ring (bicyclic) bond motifs is 5. The Labute approximate surface area is 137 Å². The summed E-state index contributed by atoms with van der Waals surface area (Å²) < 4.78 is 1.80. The molecule has 0 saturated heterocycles. The number of aryl methyl sites for hydroxylation is 1. The molecule has 0 saturated carbocycles. The maximum absolute atomic E-state index is 4.80. The first-order valence-corrected chi connectivity index (χ1v) is 8.70. The van der Waals surface area contributed by atoms with Gasteiger partial charge in [0.15, 0.2) is 11.5 Å². The van der Waals surface area contributed by atoms with Crippen LogP contribution in [0.15, 0.2) is 30.9 Å². The number of aromatic nitrogens is 5. The lowest BCUT2D eigenvalue weighted by Crippen LogP contribution is -2.04. The zero-order chi connectivity index (χ0) is 15.4. The first kappa shape index (κ1) is 13.1. The van der Waals surface area contributed by atoms with Crippen molar-refractivity contribution in [3.8, 4) is 11.4 Å². The van der Waals surface area contributed by atoms with Gasteiger partial charge in [0.1, 0.15) is 11.2 Å². The first-order chi connectivity index (χ1) is 11.3. The molecule has 1 atom stereocenters. The largest absolute Gasteiger partial charge is 0.264 e. The Bertz CT molecular complexity index is 1020. The van der Waals surface area contributed by atoms with E-state index in [1.807, 2.05) is 23.5 Å². The van der Waals surface area contributed by atoms with Crippen LogP contribution in [-0.2, 0) is 6.42 Å². The number of rotatable bonds is 1. The lowest BCUT2D eigenvalue weighted by atomic mass is 9.87. The van der Waals surface area contributed by atoms with Gasteiger partial charge in [-0.1, -0.05) is 6.92 Å². The molecular formula is C17H15N5S. The number of hydrogen-bond donors (Lipinski definition) is 0. The van der Waals surface area contributed by atoms with Crippen LogP contribution in [0.1, 0.15) is 36.1 Å². The third-order valence-electron chi connectivity index (χ3n) is 4.60. The van der Waals surface area contributed by atoms with Crippen molar-refractivity contribution >= 4 is 27.2 Å². The van der Waals surface area contributed by atoms with Gasteiger partial charge in [-0.3, -0.25) is 4.98 Å². The van der Waals surface area contributed by atoms with Gasteiger partial charge in [-0.05, 0) is 42.9 Å². The molecule has 4 aromatic rings. The van der Waals surface area contributed by atoms with Crippen LogP contribution in [0.25, 0.3) is 27.3 Å². The summed E-state index contributed by atoms with van der Waals surface area (Å²) in [6.45, 7) is 2.31. The van der Waals surface area contributed by atoms with E-state index in [9.17, 15) is 0 Å². The number of thiophene rings is 1. The molecule has 1 aliphatic carbocycles. The van der Waals surface area contributed by atoms with Gasteiger partial charge in [0.25, 0.3) is 0 Å². The molecule has 0 aromatic carbocycles. The molecular weight excluding hydrogens is 306 g/mol. The van der Waals surface area contributed by atoms with Gasteiger partial charge in [-0.2, -0.15) is 0 Å². The third kappa shape index (κ3) is 1.91. The average Bonchev–Trinajstić information content (AvgIpc) is 3.17. The van der Waals surface area contributed by atoms with Crippen LogP contribution in [0.3, 0.4) is 0 Å². The van der Waals surface area contributed by atoms with Crippen molar-refractivity contribution < 1.29 is 0 Å². The van der Waals surface area contributed by atoms with Gasteiger partial charge in [-0.15, -0.1) is 16.4 Å². The predicted octanol–water partition coefficient (Wildman–Crippen LogP) is 3.84. The Morgan fingerprint density at radius 1 is 1.35 bits per heavy atom. The van der Waals surface area contributed by atoms with E-state index in [0.29, 0.717) is 11.7 Å². The van der Waals surface area contributed by atoms with Gasteiger partial charge in [-0.25, -0.2) is 14.5 Å². The van der Waals surface area contributed by atoms with Crippen LogP contribution >= 0.6 is 11.3 Å². The summed E-state index contributed by atoms with van der Waals surface area (Å²) in [6, 6.07) is 3.89. The minimum Gasteiger partial charge on any atom is -0.264 e. The summed E-state index contributed by atoms with van der Waals surface area (Å²) in [6.07, 6.45) is 9.00. The molecule has 114 valence electrons. The first-order valence-electron chi connectivity index (χ1n) is 7.88. The maximum Gasteiger partial charge on any atom is 0.183 e. The highest BCUT2D eigenvalue weighted by Gasteiger charge is 2.25. The topological polar surface area (TPSA) is 56.0 Å². The van der Waals surface area contributed by atoms with Crippen LogP contribution in [0, 0.1) is 0 Å². The molecule has 0 aliphatic heterocycles. The smallest absolute Gasteiger partial charge is 0.183 e. The predicted molar refractivity (Wildman–Crippen MR) is 90.7 cm³/mol. The van der Waals surface area contributed by atoms with E-state index in [-0.39, 0.29) is 0 Å². The molecule has 4 aromatic heterocycles. The Morgan fingerprint density at radius 2 is 2.30 bits per heavy atom. The summed E-state index contributed by atoms with van der Waals surface area (Å²) in [4.78, 5) is 16.1. The van der Waals surface area contributed by atoms with Crippen LogP contribution in [0.2, 0.25) is 0 Å². The fourth-order valence-electron chi connectivity index (χ4n) is 3.50. The monoisotopic (exact) mass is 321 g/mol. The second-order valence-corrected chi connectivity index (χ2v) is 7.19. The van der Waals surface area contributed by atoms with E-state index in [0.717, 1.165) is 22.5 Å². The second-order valence-electron chi connectivity index (χ2n) is 6.10. The molecule has 1 aliphatic rings. The molecule has 5 nitrogen and oxygen atoms in total. The van der Waals surface area contributed by atoms with Crippen LogP contribution in [-0.4, -0.2) is 24.6 Å². The third-order valence-corrected chi connectivity index (χ3v) is 5.77. The van der Waals surface area contributed by atoms with E-state index in [2.05, 4.69) is 22.0 Å². The van der Waals surface area contributed by atoms with Crippen molar-refractivity contribution in [1.82, 2.24) is 24.6 Å². The molecule has 0 unspecified atom stereocenters. The number of pyridine rings is 1. The van der Waals surface area contributed by atoms with Crippen molar-refractivity contribution in [3.63, 3.8) is 0 Å². The highest BCUT2D eigenvalue weighted by Crippen LogP contribution is 2.42. The molecule has 0 spiro atoms. The van der Waals surface area contributed by atoms with Crippen LogP contribution in [0.5, 0.6) is 0 Å². The van der Waals surface area contributed by atoms with E-state index in [4.69, 9.17) is 4.98 Å². The standard InChI is InChI=1S/C17H15N5S/c1-10-4-2-6-12-13(10)14-16-20-15(11-5-3-7-18-8-11)21-22(16)9-19-17(14)23-12/h3,5,7-10H,2,4,6H2,1H3/t10-/m1/s1. The van der Waals surface area contributed by atoms with Gasteiger partial charge in [0, 0.05) is 22.8 Å². The SMILES string of the molecule is C[C@@H]1CCCc2sc3ncn4nc(-c5cccnc5)nc4c3c21. The molecule has 0 amide bonds. The number of nitrogens with zero attached hydrogens (tertiary/aromatic N) is 5. The van der Waals surface area contributed by atoms with Gasteiger partial charge in [0.05, 0.1) is 5.39 Å². The lowest BCUT2D eigenvalue weighted by molar-refractivity contribution is 0.602. The Morgan fingerprint density at radius 3 is 3.17 bits per heavy atom. The fraction of sp³-hybridized carbons (Fsp3) is 0.294. The van der Waals surface area contributed by atoms with E-state index in [1.165, 1.54) is 28.7 Å². The quantitative estimate of drug-likeness (QED) is 0.534. The molecule has 6 heteroatoms. The lowest BCUT2D eigenvalue weighted by Gasteiger charge is -2.18.